The van der Waals surface area contributed by atoms with Crippen LogP contribution < -0.4 is 5.32 Å². The molecule has 6 heteroatoms. The number of benzene rings is 1. The van der Waals surface area contributed by atoms with Gasteiger partial charge in [-0.15, -0.1) is 0 Å². The molecule has 3 heterocycles. The molecule has 0 spiro atoms. The van der Waals surface area contributed by atoms with Crippen molar-refractivity contribution < 1.29 is 4.79 Å². The van der Waals surface area contributed by atoms with Gasteiger partial charge in [0.15, 0.2) is 0 Å². The number of likely N-dealkylation sites (tertiary alicyclic amines) is 1. The first-order valence-corrected chi connectivity index (χ1v) is 10.6. The highest BCUT2D eigenvalue weighted by atomic mass is 16.2. The van der Waals surface area contributed by atoms with E-state index in [1.807, 2.05) is 27.8 Å². The topological polar surface area (TPSA) is 53.4 Å². The molecule has 1 N–H and O–H groups in total. The second-order valence-electron chi connectivity index (χ2n) is 7.88. The maximum Gasteiger partial charge on any atom is 0.257 e. The van der Waals surface area contributed by atoms with Gasteiger partial charge in [0.1, 0.15) is 0 Å². The first kappa shape index (κ1) is 19.2. The first-order chi connectivity index (χ1) is 13.8. The highest BCUT2D eigenvalue weighted by Crippen LogP contribution is 2.21. The number of nitrogens with one attached hydrogen (secondary N) is 1. The predicted octanol–water partition coefficient (Wildman–Crippen LogP) is 2.00. The number of aromatic nitrogens is 2. The predicted molar refractivity (Wildman–Crippen MR) is 111 cm³/mol. The van der Waals surface area contributed by atoms with Crippen LogP contribution in [0.2, 0.25) is 0 Å². The van der Waals surface area contributed by atoms with Crippen molar-refractivity contribution in [3.63, 3.8) is 0 Å². The molecule has 1 unspecified atom stereocenters. The molecule has 2 aliphatic rings. The average molecular weight is 382 g/mol. The molecule has 1 atom stereocenters. The van der Waals surface area contributed by atoms with E-state index in [0.717, 1.165) is 69.8 Å². The molecule has 0 radical (unpaired) electrons. The van der Waals surface area contributed by atoms with Crippen molar-refractivity contribution >= 4 is 5.91 Å². The zero-order chi connectivity index (χ0) is 19.3. The second kappa shape index (κ2) is 8.88. The zero-order valence-electron chi connectivity index (χ0n) is 16.8. The molecule has 2 aromatic rings. The van der Waals surface area contributed by atoms with Gasteiger partial charge < -0.3 is 10.2 Å². The Kier molecular flexibility index (Phi) is 6.07. The van der Waals surface area contributed by atoms with Crippen LogP contribution >= 0.6 is 0 Å². The highest BCUT2D eigenvalue weighted by molar-refractivity contribution is 5.95. The van der Waals surface area contributed by atoms with E-state index in [4.69, 9.17) is 0 Å². The second-order valence-corrected chi connectivity index (χ2v) is 7.88. The minimum Gasteiger partial charge on any atom is -0.337 e. The van der Waals surface area contributed by atoms with Crippen LogP contribution in [0.1, 0.15) is 41.4 Å². The Balaban J connectivity index is 1.48. The summed E-state index contributed by atoms with van der Waals surface area (Å²) in [4.78, 5) is 17.9. The van der Waals surface area contributed by atoms with Crippen LogP contribution in [0.15, 0.2) is 36.5 Å². The molecule has 6 nitrogen and oxygen atoms in total. The molecule has 2 aliphatic heterocycles. The molecule has 1 amide bonds. The number of piperazine rings is 1. The summed E-state index contributed by atoms with van der Waals surface area (Å²) in [5.74, 6) is 0.153. The van der Waals surface area contributed by atoms with Gasteiger partial charge >= 0.3 is 0 Å². The van der Waals surface area contributed by atoms with Crippen LogP contribution in [0.4, 0.5) is 0 Å². The van der Waals surface area contributed by atoms with Gasteiger partial charge in [0.25, 0.3) is 5.91 Å². The van der Waals surface area contributed by atoms with Crippen LogP contribution in [0.3, 0.4) is 0 Å². The number of carbonyl (C=O) groups excluding carboxylic acids is 1. The van der Waals surface area contributed by atoms with E-state index in [9.17, 15) is 4.79 Å². The van der Waals surface area contributed by atoms with E-state index in [-0.39, 0.29) is 5.91 Å². The minimum absolute atomic E-state index is 0.153. The summed E-state index contributed by atoms with van der Waals surface area (Å²) in [7, 11) is 0. The van der Waals surface area contributed by atoms with E-state index >= 15 is 0 Å². The fourth-order valence-corrected chi connectivity index (χ4v) is 4.42. The van der Waals surface area contributed by atoms with Crippen molar-refractivity contribution in [2.45, 2.75) is 38.8 Å². The van der Waals surface area contributed by atoms with Crippen molar-refractivity contribution in [3.8, 4) is 0 Å². The third-order valence-electron chi connectivity index (χ3n) is 5.96. The number of nitrogens with zero attached hydrogens (tertiary/aromatic N) is 4. The molecule has 0 aliphatic carbocycles. The van der Waals surface area contributed by atoms with E-state index in [2.05, 4.69) is 34.4 Å². The third kappa shape index (κ3) is 4.13. The third-order valence-corrected chi connectivity index (χ3v) is 5.96. The fourth-order valence-electron chi connectivity index (χ4n) is 4.42. The number of hydrogen-bond donors (Lipinski definition) is 1. The van der Waals surface area contributed by atoms with Crippen molar-refractivity contribution in [2.75, 3.05) is 39.3 Å². The molecule has 2 saturated heterocycles. The van der Waals surface area contributed by atoms with Gasteiger partial charge in [-0.1, -0.05) is 43.7 Å². The SMILES string of the molecule is CCCc1c(C(=O)N2CCC(N3CCNCC3)C2)cnn1Cc1ccccc1. The number of rotatable bonds is 6. The Hall–Kier alpha value is -2.18. The standard InChI is InChI=1S/C22H31N5O/c1-2-6-21-20(15-24-27(21)16-18-7-4-3-5-8-18)22(28)26-12-9-19(17-26)25-13-10-23-11-14-25/h3-5,7-8,15,19,23H,2,6,9-14,16-17H2,1H3. The molecular weight excluding hydrogens is 350 g/mol. The summed E-state index contributed by atoms with van der Waals surface area (Å²) < 4.78 is 2.01. The fraction of sp³-hybridized carbons (Fsp3) is 0.545. The first-order valence-electron chi connectivity index (χ1n) is 10.6. The molecule has 2 fully saturated rings. The molecule has 150 valence electrons. The summed E-state index contributed by atoms with van der Waals surface area (Å²) >= 11 is 0. The van der Waals surface area contributed by atoms with Crippen LogP contribution in [0, 0.1) is 0 Å². The number of hydrogen-bond acceptors (Lipinski definition) is 4. The molecular formula is C22H31N5O. The van der Waals surface area contributed by atoms with Gasteiger partial charge in [-0.3, -0.25) is 14.4 Å². The van der Waals surface area contributed by atoms with Crippen LogP contribution in [-0.4, -0.2) is 70.8 Å². The van der Waals surface area contributed by atoms with Crippen molar-refractivity contribution in [1.82, 2.24) is 24.9 Å². The van der Waals surface area contributed by atoms with Crippen LogP contribution in [0.25, 0.3) is 0 Å². The lowest BCUT2D eigenvalue weighted by molar-refractivity contribution is 0.0772. The van der Waals surface area contributed by atoms with Crippen molar-refractivity contribution in [3.05, 3.63) is 53.3 Å². The van der Waals surface area contributed by atoms with Gasteiger partial charge in [0, 0.05) is 45.3 Å². The van der Waals surface area contributed by atoms with E-state index in [0.29, 0.717) is 12.6 Å². The van der Waals surface area contributed by atoms with Gasteiger partial charge in [0.2, 0.25) is 0 Å². The average Bonchev–Trinajstić information content (AvgIpc) is 3.38. The highest BCUT2D eigenvalue weighted by Gasteiger charge is 2.32. The summed E-state index contributed by atoms with van der Waals surface area (Å²) in [5, 5.41) is 7.99. The quantitative estimate of drug-likeness (QED) is 0.832. The molecule has 0 bridgehead atoms. The Morgan fingerprint density at radius 2 is 1.96 bits per heavy atom. The molecule has 4 rings (SSSR count). The van der Waals surface area contributed by atoms with Crippen LogP contribution in [-0.2, 0) is 13.0 Å². The molecule has 1 aromatic heterocycles. The number of amides is 1. The zero-order valence-corrected chi connectivity index (χ0v) is 16.8. The minimum atomic E-state index is 0.153. The Morgan fingerprint density at radius 3 is 2.71 bits per heavy atom. The van der Waals surface area contributed by atoms with Crippen LogP contribution in [0.5, 0.6) is 0 Å². The summed E-state index contributed by atoms with van der Waals surface area (Å²) in [6.07, 6.45) is 4.74. The summed E-state index contributed by atoms with van der Waals surface area (Å²) in [6, 6.07) is 10.8. The lowest BCUT2D eigenvalue weighted by Crippen LogP contribution is -2.49. The van der Waals surface area contributed by atoms with Gasteiger partial charge in [-0.2, -0.15) is 5.10 Å². The molecule has 0 saturated carbocycles. The van der Waals surface area contributed by atoms with Gasteiger partial charge in [0.05, 0.1) is 24.0 Å². The number of carbonyl (C=O) groups is 1. The lowest BCUT2D eigenvalue weighted by atomic mass is 10.1. The summed E-state index contributed by atoms with van der Waals surface area (Å²) in [5.41, 5.74) is 3.07. The monoisotopic (exact) mass is 381 g/mol. The molecule has 28 heavy (non-hydrogen) atoms. The van der Waals surface area contributed by atoms with E-state index < -0.39 is 0 Å². The van der Waals surface area contributed by atoms with E-state index in [1.54, 1.807) is 6.20 Å². The molecule has 1 aromatic carbocycles. The van der Waals surface area contributed by atoms with Gasteiger partial charge in [-0.05, 0) is 18.4 Å². The summed E-state index contributed by atoms with van der Waals surface area (Å²) in [6.45, 7) is 8.84. The Bertz CT molecular complexity index is 781. The maximum atomic E-state index is 13.3. The maximum absolute atomic E-state index is 13.3. The Morgan fingerprint density at radius 1 is 1.18 bits per heavy atom. The van der Waals surface area contributed by atoms with E-state index in [1.165, 1.54) is 5.56 Å². The Labute approximate surface area is 167 Å². The normalized spacial score (nSPS) is 20.6. The van der Waals surface area contributed by atoms with Gasteiger partial charge in [-0.25, -0.2) is 0 Å². The smallest absolute Gasteiger partial charge is 0.257 e. The van der Waals surface area contributed by atoms with Crippen molar-refractivity contribution in [1.29, 1.82) is 0 Å². The largest absolute Gasteiger partial charge is 0.337 e. The van der Waals surface area contributed by atoms with Crippen molar-refractivity contribution in [2.24, 2.45) is 0 Å². The lowest BCUT2D eigenvalue weighted by Gasteiger charge is -2.32.